The average Bonchev–Trinajstić information content (AvgIpc) is 3.21. The first-order chi connectivity index (χ1) is 14.2. The van der Waals surface area contributed by atoms with E-state index >= 15 is 0 Å². The van der Waals surface area contributed by atoms with Gasteiger partial charge in [0.05, 0.1) is 6.61 Å². The molecule has 9 heteroatoms. The van der Waals surface area contributed by atoms with E-state index in [0.29, 0.717) is 25.5 Å². The largest absolute Gasteiger partial charge is 0.383 e. The number of ether oxygens (including phenoxy) is 1. The minimum atomic E-state index is -0.282. The highest BCUT2D eigenvalue weighted by molar-refractivity contribution is 14.0. The summed E-state index contributed by atoms with van der Waals surface area (Å²) in [6.07, 6.45) is 2.52. The number of hydrogen-bond donors (Lipinski definition) is 3. The summed E-state index contributed by atoms with van der Waals surface area (Å²) in [7, 11) is 3.45. The molecule has 0 bridgehead atoms. The average molecular weight is 528 g/mol. The van der Waals surface area contributed by atoms with Gasteiger partial charge in [-0.05, 0) is 36.2 Å². The van der Waals surface area contributed by atoms with E-state index in [9.17, 15) is 4.39 Å². The lowest BCUT2D eigenvalue weighted by Crippen LogP contribution is -2.44. The van der Waals surface area contributed by atoms with E-state index in [1.165, 1.54) is 6.07 Å². The molecule has 0 spiro atoms. The lowest BCUT2D eigenvalue weighted by Gasteiger charge is -2.20. The van der Waals surface area contributed by atoms with Gasteiger partial charge in [-0.2, -0.15) is 0 Å². The first-order valence-electron chi connectivity index (χ1n) is 9.84. The van der Waals surface area contributed by atoms with Crippen molar-refractivity contribution in [2.45, 2.75) is 19.0 Å². The van der Waals surface area contributed by atoms with Crippen LogP contribution in [0.25, 0.3) is 0 Å². The fourth-order valence-corrected chi connectivity index (χ4v) is 3.29. The Morgan fingerprint density at radius 3 is 2.80 bits per heavy atom. The van der Waals surface area contributed by atoms with Crippen molar-refractivity contribution in [3.8, 4) is 0 Å². The van der Waals surface area contributed by atoms with Gasteiger partial charge in [-0.25, -0.2) is 9.37 Å². The van der Waals surface area contributed by atoms with Gasteiger partial charge in [-0.3, -0.25) is 4.99 Å². The van der Waals surface area contributed by atoms with Gasteiger partial charge < -0.3 is 25.6 Å². The number of nitrogens with zero attached hydrogens (tertiary/aromatic N) is 3. The fraction of sp³-hybridized carbons (Fsp3) is 0.429. The topological polar surface area (TPSA) is 73.8 Å². The molecule has 1 aliphatic rings. The van der Waals surface area contributed by atoms with Crippen molar-refractivity contribution in [1.29, 1.82) is 0 Å². The van der Waals surface area contributed by atoms with Crippen molar-refractivity contribution in [3.05, 3.63) is 54.0 Å². The fourth-order valence-electron chi connectivity index (χ4n) is 3.29. The van der Waals surface area contributed by atoms with Crippen molar-refractivity contribution in [2.24, 2.45) is 4.99 Å². The van der Waals surface area contributed by atoms with Crippen molar-refractivity contribution >= 4 is 41.4 Å². The van der Waals surface area contributed by atoms with Crippen molar-refractivity contribution in [1.82, 2.24) is 15.6 Å². The molecule has 0 saturated carbocycles. The summed E-state index contributed by atoms with van der Waals surface area (Å²) < 4.78 is 19.0. The molecule has 1 saturated heterocycles. The van der Waals surface area contributed by atoms with Crippen LogP contribution in [0.4, 0.5) is 15.9 Å². The first-order valence-corrected chi connectivity index (χ1v) is 9.84. The summed E-state index contributed by atoms with van der Waals surface area (Å²) in [6, 6.07) is 11.5. The number of guanidine groups is 1. The molecular weight excluding hydrogens is 498 g/mol. The van der Waals surface area contributed by atoms with Crippen molar-refractivity contribution in [2.75, 3.05) is 50.6 Å². The predicted molar refractivity (Wildman–Crippen MR) is 130 cm³/mol. The van der Waals surface area contributed by atoms with Crippen LogP contribution in [-0.4, -0.2) is 57.4 Å². The molecule has 1 atom stereocenters. The van der Waals surface area contributed by atoms with Gasteiger partial charge in [0.1, 0.15) is 0 Å². The molecule has 0 radical (unpaired) electrons. The zero-order valence-electron chi connectivity index (χ0n) is 17.4. The Morgan fingerprint density at radius 2 is 2.10 bits per heavy atom. The predicted octanol–water partition coefficient (Wildman–Crippen LogP) is 2.84. The summed E-state index contributed by atoms with van der Waals surface area (Å²) in [4.78, 5) is 10.4. The molecule has 1 aromatic heterocycles. The lowest BCUT2D eigenvalue weighted by molar-refractivity contribution is 0.211. The molecule has 1 aliphatic heterocycles. The number of hydrogen-bond acceptors (Lipinski definition) is 5. The molecular formula is C21H30FIN6O. The maximum atomic E-state index is 13.9. The van der Waals surface area contributed by atoms with Crippen LogP contribution >= 0.6 is 24.0 Å². The highest BCUT2D eigenvalue weighted by atomic mass is 127. The Balaban J connectivity index is 0.00000320. The third-order valence-electron chi connectivity index (χ3n) is 4.84. The molecule has 2 aromatic rings. The molecule has 0 aliphatic carbocycles. The summed E-state index contributed by atoms with van der Waals surface area (Å²) in [5, 5.41) is 10.1. The number of rotatable bonds is 8. The third-order valence-corrected chi connectivity index (χ3v) is 4.84. The molecule has 0 amide bonds. The summed E-state index contributed by atoms with van der Waals surface area (Å²) >= 11 is 0. The van der Waals surface area contributed by atoms with Gasteiger partial charge in [-0.15, -0.1) is 24.0 Å². The first kappa shape index (κ1) is 24.1. The van der Waals surface area contributed by atoms with Crippen LogP contribution in [0, 0.1) is 5.82 Å². The van der Waals surface area contributed by atoms with Crippen LogP contribution in [0.15, 0.2) is 47.6 Å². The van der Waals surface area contributed by atoms with E-state index in [1.807, 2.05) is 4.90 Å². The van der Waals surface area contributed by atoms with E-state index in [2.05, 4.69) is 50.2 Å². The Kier molecular flexibility index (Phi) is 10.1. The highest BCUT2D eigenvalue weighted by Gasteiger charge is 2.25. The molecule has 3 N–H and O–H groups in total. The second kappa shape index (κ2) is 12.5. The third kappa shape index (κ3) is 6.98. The Labute approximate surface area is 194 Å². The monoisotopic (exact) mass is 528 g/mol. The normalized spacial score (nSPS) is 16.2. The van der Waals surface area contributed by atoms with Crippen LogP contribution in [-0.2, 0) is 11.3 Å². The van der Waals surface area contributed by atoms with E-state index in [4.69, 9.17) is 4.74 Å². The number of aromatic nitrogens is 1. The molecule has 164 valence electrons. The van der Waals surface area contributed by atoms with E-state index in [-0.39, 0.29) is 35.8 Å². The number of halogens is 2. The quantitative estimate of drug-likeness (QED) is 0.212. The summed E-state index contributed by atoms with van der Waals surface area (Å²) in [6.45, 7) is 3.59. The Hall–Kier alpha value is -2.14. The van der Waals surface area contributed by atoms with Crippen molar-refractivity contribution < 1.29 is 9.13 Å². The summed E-state index contributed by atoms with van der Waals surface area (Å²) in [5.74, 6) is 0.871. The molecule has 3 rings (SSSR count). The molecule has 7 nitrogen and oxygen atoms in total. The van der Waals surface area contributed by atoms with Gasteiger partial charge in [0.25, 0.3) is 0 Å². The standard InChI is InChI=1S/C21H29FN6O.HI/c1-23-21(26-14-16-5-7-17(8-6-16)24-11-13-29-2)27-18-9-12-28(15-18)20-19(22)4-3-10-25-20;/h3-8,10,18,24H,9,11-15H2,1-2H3,(H2,23,26,27);1H. The van der Waals surface area contributed by atoms with Gasteiger partial charge >= 0.3 is 0 Å². The van der Waals surface area contributed by atoms with E-state index in [0.717, 1.165) is 36.7 Å². The molecule has 1 fully saturated rings. The number of nitrogens with one attached hydrogen (secondary N) is 3. The second-order valence-corrected chi connectivity index (χ2v) is 6.93. The number of pyridine rings is 1. The van der Waals surface area contributed by atoms with Crippen LogP contribution < -0.4 is 20.9 Å². The van der Waals surface area contributed by atoms with E-state index < -0.39 is 0 Å². The van der Waals surface area contributed by atoms with E-state index in [1.54, 1.807) is 26.4 Å². The van der Waals surface area contributed by atoms with Gasteiger partial charge in [0, 0.05) is 58.3 Å². The molecule has 30 heavy (non-hydrogen) atoms. The Bertz CT molecular complexity index is 804. The van der Waals surface area contributed by atoms with Crippen LogP contribution in [0.1, 0.15) is 12.0 Å². The zero-order valence-corrected chi connectivity index (χ0v) is 19.7. The van der Waals surface area contributed by atoms with Crippen LogP contribution in [0.2, 0.25) is 0 Å². The Morgan fingerprint density at radius 1 is 1.30 bits per heavy atom. The SMILES string of the molecule is CN=C(NCc1ccc(NCCOC)cc1)NC1CCN(c2ncccc2F)C1.I. The van der Waals surface area contributed by atoms with Gasteiger partial charge in [-0.1, -0.05) is 12.1 Å². The minimum Gasteiger partial charge on any atom is -0.383 e. The number of aliphatic imine (C=N–C) groups is 1. The van der Waals surface area contributed by atoms with Gasteiger partial charge in [0.15, 0.2) is 17.6 Å². The zero-order chi connectivity index (χ0) is 20.5. The summed E-state index contributed by atoms with van der Waals surface area (Å²) in [5.41, 5.74) is 2.23. The van der Waals surface area contributed by atoms with Crippen LogP contribution in [0.5, 0.6) is 0 Å². The van der Waals surface area contributed by atoms with Crippen LogP contribution in [0.3, 0.4) is 0 Å². The lowest BCUT2D eigenvalue weighted by atomic mass is 10.2. The minimum absolute atomic E-state index is 0. The molecule has 2 heterocycles. The highest BCUT2D eigenvalue weighted by Crippen LogP contribution is 2.20. The number of benzene rings is 1. The molecule has 1 aromatic carbocycles. The number of anilines is 2. The van der Waals surface area contributed by atoms with Crippen molar-refractivity contribution in [3.63, 3.8) is 0 Å². The van der Waals surface area contributed by atoms with Gasteiger partial charge in [0.2, 0.25) is 0 Å². The smallest absolute Gasteiger partial charge is 0.191 e. The second-order valence-electron chi connectivity index (χ2n) is 6.93. The number of methoxy groups -OCH3 is 1. The maximum Gasteiger partial charge on any atom is 0.191 e. The maximum absolute atomic E-state index is 13.9. The molecule has 1 unspecified atom stereocenters.